The number of nitrogens with zero attached hydrogens (tertiary/aromatic N) is 2. The zero-order valence-electron chi connectivity index (χ0n) is 27.0. The van der Waals surface area contributed by atoms with Crippen LogP contribution in [0.1, 0.15) is 75.0 Å². The Hall–Kier alpha value is -5.80. The molecule has 1 unspecified atom stereocenters. The Labute approximate surface area is 285 Å². The first-order chi connectivity index (χ1) is 24.3. The molecule has 1 atom stereocenters. The Morgan fingerprint density at radius 1 is 0.694 bits per heavy atom. The molecule has 0 saturated carbocycles. The third-order valence-electron chi connectivity index (χ3n) is 11.5. The van der Waals surface area contributed by atoms with Gasteiger partial charge < -0.3 is 4.42 Å². The summed E-state index contributed by atoms with van der Waals surface area (Å²) in [5, 5.41) is 0. The van der Waals surface area contributed by atoms with Crippen LogP contribution in [-0.2, 0) is 18.3 Å². The summed E-state index contributed by atoms with van der Waals surface area (Å²) in [5.41, 5.74) is 19.0. The third kappa shape index (κ3) is 3.57. The topological polar surface area (TPSA) is 38.9 Å². The summed E-state index contributed by atoms with van der Waals surface area (Å²) in [4.78, 5) is 9.91. The summed E-state index contributed by atoms with van der Waals surface area (Å²) in [6, 6.07) is 40.0. The first-order valence-electron chi connectivity index (χ1n) is 17.4. The number of furan rings is 1. The van der Waals surface area contributed by atoms with Gasteiger partial charge in [0.1, 0.15) is 11.5 Å². The van der Waals surface area contributed by atoms with E-state index in [-0.39, 0.29) is 5.92 Å². The molecule has 0 saturated heterocycles. The van der Waals surface area contributed by atoms with E-state index in [4.69, 9.17) is 14.4 Å². The molecular weight excluding hydrogens is 597 g/mol. The molecule has 1 spiro atoms. The van der Waals surface area contributed by atoms with Crippen LogP contribution in [0.15, 0.2) is 149 Å². The molecule has 6 aromatic rings. The third-order valence-corrected chi connectivity index (χ3v) is 11.5. The van der Waals surface area contributed by atoms with Gasteiger partial charge in [0.15, 0.2) is 0 Å². The van der Waals surface area contributed by atoms with Crippen LogP contribution in [0.4, 0.5) is 0 Å². The molecular formula is C46H32N2O. The maximum absolute atomic E-state index is 6.89. The van der Waals surface area contributed by atoms with Crippen molar-refractivity contribution in [3.63, 3.8) is 0 Å². The zero-order valence-corrected chi connectivity index (χ0v) is 27.0. The van der Waals surface area contributed by atoms with Crippen LogP contribution in [0.3, 0.4) is 0 Å². The van der Waals surface area contributed by atoms with Gasteiger partial charge in [-0.25, -0.2) is 0 Å². The molecule has 3 aromatic carbocycles. The van der Waals surface area contributed by atoms with Gasteiger partial charge in [-0.15, -0.1) is 0 Å². The molecule has 0 amide bonds. The molecule has 0 N–H and O–H groups in total. The lowest BCUT2D eigenvalue weighted by molar-refractivity contribution is 0.511. The fraction of sp³-hybridized carbons (Fsp3) is 0.130. The van der Waals surface area contributed by atoms with E-state index in [1.165, 1.54) is 72.4 Å². The molecule has 5 aliphatic carbocycles. The van der Waals surface area contributed by atoms with Crippen LogP contribution in [0.2, 0.25) is 0 Å². The van der Waals surface area contributed by atoms with Gasteiger partial charge in [0.2, 0.25) is 0 Å². The van der Waals surface area contributed by atoms with Gasteiger partial charge in [-0.1, -0.05) is 97.1 Å². The predicted octanol–water partition coefficient (Wildman–Crippen LogP) is 10.4. The fourth-order valence-electron chi connectivity index (χ4n) is 9.72. The fourth-order valence-corrected chi connectivity index (χ4v) is 9.72. The van der Waals surface area contributed by atoms with Crippen molar-refractivity contribution in [2.24, 2.45) is 0 Å². The minimum atomic E-state index is -0.477. The largest absolute Gasteiger partial charge is 0.460 e. The Morgan fingerprint density at radius 3 is 2.16 bits per heavy atom. The number of fused-ring (bicyclic) bond motifs is 14. The normalized spacial score (nSPS) is 18.9. The first-order valence-corrected chi connectivity index (χ1v) is 17.4. The second kappa shape index (κ2) is 10.1. The molecule has 11 rings (SSSR count). The van der Waals surface area contributed by atoms with Crippen LogP contribution < -0.4 is 0 Å². The predicted molar refractivity (Wildman–Crippen MR) is 196 cm³/mol. The summed E-state index contributed by atoms with van der Waals surface area (Å²) in [6.45, 7) is 0. The molecule has 5 aliphatic rings. The maximum Gasteiger partial charge on any atom is 0.130 e. The number of rotatable bonds is 2. The van der Waals surface area contributed by atoms with Crippen molar-refractivity contribution < 1.29 is 4.42 Å². The molecule has 3 nitrogen and oxygen atoms in total. The van der Waals surface area contributed by atoms with Crippen LogP contribution in [0.5, 0.6) is 0 Å². The number of hydrogen-bond acceptors (Lipinski definition) is 3. The average Bonchev–Trinajstić information content (AvgIpc) is 3.73. The smallest absolute Gasteiger partial charge is 0.130 e. The van der Waals surface area contributed by atoms with E-state index in [0.29, 0.717) is 6.42 Å². The second-order valence-electron chi connectivity index (χ2n) is 13.8. The quantitative estimate of drug-likeness (QED) is 0.192. The molecule has 49 heavy (non-hydrogen) atoms. The van der Waals surface area contributed by atoms with Crippen molar-refractivity contribution in [1.82, 2.24) is 9.97 Å². The summed E-state index contributed by atoms with van der Waals surface area (Å²) >= 11 is 0. The average molecular weight is 629 g/mol. The van der Waals surface area contributed by atoms with Gasteiger partial charge in [-0.2, -0.15) is 0 Å². The lowest BCUT2D eigenvalue weighted by Crippen LogP contribution is -2.30. The minimum Gasteiger partial charge on any atom is -0.460 e. The lowest BCUT2D eigenvalue weighted by atomic mass is 9.64. The standard InChI is InChI=1S/C46H32N2O/c1-2-16-32-29(13-1)34(40-21-10-12-24-48-40)27-38-43(32)45-37(46(38)35-18-6-3-14-30(35)31-15-4-7-19-36(31)46)25-28(39-20-9-11-23-47-39)26-42-44(45)33-17-5-8-22-41(33)49-42/h1-4,6-16,18-25,34H,5,17,26-27H2. The van der Waals surface area contributed by atoms with Gasteiger partial charge in [-0.3, -0.25) is 9.97 Å². The maximum atomic E-state index is 6.89. The minimum absolute atomic E-state index is 0.136. The van der Waals surface area contributed by atoms with Crippen molar-refractivity contribution in [1.29, 1.82) is 0 Å². The SMILES string of the molecule is C1=Cc2oc3c(c2CC1)C1=C(C=C(c2ccccn2)C3)C2(C3=C1c1ccccc1C(c1ccccn1)C3)c1ccccc1-c1ccccc12. The van der Waals surface area contributed by atoms with Crippen LogP contribution in [0, 0.1) is 0 Å². The molecule has 0 fully saturated rings. The number of aromatic nitrogens is 2. The van der Waals surface area contributed by atoms with E-state index < -0.39 is 5.41 Å². The van der Waals surface area contributed by atoms with E-state index in [1.54, 1.807) is 0 Å². The van der Waals surface area contributed by atoms with Crippen LogP contribution in [-0.4, -0.2) is 9.97 Å². The molecule has 3 heteroatoms. The summed E-state index contributed by atoms with van der Waals surface area (Å²) < 4.78 is 6.89. The molecule has 0 aliphatic heterocycles. The Bertz CT molecular complexity index is 2450. The number of hydrogen-bond donors (Lipinski definition) is 0. The van der Waals surface area contributed by atoms with Gasteiger partial charge >= 0.3 is 0 Å². The van der Waals surface area contributed by atoms with Gasteiger partial charge in [0, 0.05) is 41.6 Å². The van der Waals surface area contributed by atoms with Gasteiger partial charge in [0.05, 0.1) is 11.1 Å². The van der Waals surface area contributed by atoms with Crippen molar-refractivity contribution >= 4 is 22.8 Å². The van der Waals surface area contributed by atoms with E-state index in [9.17, 15) is 0 Å². The van der Waals surface area contributed by atoms with E-state index in [2.05, 4.69) is 115 Å². The van der Waals surface area contributed by atoms with Crippen LogP contribution in [0.25, 0.3) is 33.9 Å². The van der Waals surface area contributed by atoms with E-state index in [1.807, 2.05) is 24.5 Å². The van der Waals surface area contributed by atoms with Crippen molar-refractivity contribution in [2.75, 3.05) is 0 Å². The second-order valence-corrected chi connectivity index (χ2v) is 13.8. The highest BCUT2D eigenvalue weighted by Crippen LogP contribution is 2.69. The van der Waals surface area contributed by atoms with Gasteiger partial charge in [0.25, 0.3) is 0 Å². The van der Waals surface area contributed by atoms with Crippen molar-refractivity contribution in [3.8, 4) is 11.1 Å². The van der Waals surface area contributed by atoms with Crippen molar-refractivity contribution in [2.45, 2.75) is 37.0 Å². The van der Waals surface area contributed by atoms with Crippen LogP contribution >= 0.6 is 0 Å². The Morgan fingerprint density at radius 2 is 1.41 bits per heavy atom. The Kier molecular flexibility index (Phi) is 5.60. The van der Waals surface area contributed by atoms with E-state index in [0.717, 1.165) is 42.2 Å². The van der Waals surface area contributed by atoms with Crippen molar-refractivity contribution in [3.05, 3.63) is 201 Å². The molecule has 0 radical (unpaired) electrons. The van der Waals surface area contributed by atoms with E-state index >= 15 is 0 Å². The highest BCUT2D eigenvalue weighted by atomic mass is 16.3. The summed E-state index contributed by atoms with van der Waals surface area (Å²) in [5.74, 6) is 2.19. The highest BCUT2D eigenvalue weighted by Gasteiger charge is 2.56. The Balaban J connectivity index is 1.33. The lowest BCUT2D eigenvalue weighted by Gasteiger charge is -2.38. The monoisotopic (exact) mass is 628 g/mol. The molecule has 3 heterocycles. The summed E-state index contributed by atoms with van der Waals surface area (Å²) in [7, 11) is 0. The number of allylic oxidation sites excluding steroid dienone is 7. The molecule has 232 valence electrons. The zero-order chi connectivity index (χ0) is 32.1. The highest BCUT2D eigenvalue weighted by molar-refractivity contribution is 6.18. The number of benzene rings is 3. The van der Waals surface area contributed by atoms with Gasteiger partial charge in [-0.05, 0) is 111 Å². The molecule has 0 bridgehead atoms. The first kappa shape index (κ1) is 27.2. The summed E-state index contributed by atoms with van der Waals surface area (Å²) in [6.07, 6.45) is 14.4. The number of pyridine rings is 2. The molecule has 3 aromatic heterocycles.